The third kappa shape index (κ3) is 5.54. The Kier molecular flexibility index (Phi) is 4.80. The molecule has 0 aromatic heterocycles. The van der Waals surface area contributed by atoms with Gasteiger partial charge >= 0.3 is 0 Å². The van der Waals surface area contributed by atoms with Crippen LogP contribution in [0.15, 0.2) is 0 Å². The van der Waals surface area contributed by atoms with Crippen molar-refractivity contribution < 1.29 is 13.2 Å². The van der Waals surface area contributed by atoms with Gasteiger partial charge in [0.2, 0.25) is 10.0 Å². The molecule has 1 aliphatic heterocycles. The van der Waals surface area contributed by atoms with Crippen LogP contribution in [0, 0.1) is 5.92 Å². The SMILES string of the molecule is NS(=O)(=O)CCCNCC1CCOC1. The van der Waals surface area contributed by atoms with E-state index >= 15 is 0 Å². The van der Waals surface area contributed by atoms with Crippen LogP contribution in [-0.4, -0.2) is 40.5 Å². The van der Waals surface area contributed by atoms with Gasteiger partial charge in [0.1, 0.15) is 0 Å². The molecule has 0 aromatic rings. The minimum atomic E-state index is -3.29. The smallest absolute Gasteiger partial charge is 0.209 e. The number of hydrogen-bond acceptors (Lipinski definition) is 4. The summed E-state index contributed by atoms with van der Waals surface area (Å²) in [6.07, 6.45) is 1.68. The highest BCUT2D eigenvalue weighted by atomic mass is 32.2. The third-order valence-corrected chi connectivity index (χ3v) is 3.10. The number of ether oxygens (including phenoxy) is 1. The Bertz CT molecular complexity index is 247. The second kappa shape index (κ2) is 5.65. The van der Waals surface area contributed by atoms with Crippen molar-refractivity contribution in [2.75, 3.05) is 32.1 Å². The highest BCUT2D eigenvalue weighted by Crippen LogP contribution is 2.10. The normalized spacial score (nSPS) is 22.8. The van der Waals surface area contributed by atoms with E-state index in [1.807, 2.05) is 0 Å². The molecule has 3 N–H and O–H groups in total. The molecule has 0 amide bonds. The van der Waals surface area contributed by atoms with Gasteiger partial charge in [0, 0.05) is 13.2 Å². The predicted octanol–water partition coefficient (Wildman–Crippen LogP) is -0.709. The molecule has 0 bridgehead atoms. The Morgan fingerprint density at radius 1 is 1.50 bits per heavy atom. The number of sulfonamides is 1. The van der Waals surface area contributed by atoms with Gasteiger partial charge in [0.15, 0.2) is 0 Å². The quantitative estimate of drug-likeness (QED) is 0.582. The zero-order valence-electron chi connectivity index (χ0n) is 8.24. The van der Waals surface area contributed by atoms with Crippen molar-refractivity contribution in [1.82, 2.24) is 5.32 Å². The van der Waals surface area contributed by atoms with E-state index in [0.717, 1.165) is 26.2 Å². The second-order valence-corrected chi connectivity index (χ2v) is 5.39. The average molecular weight is 222 g/mol. The minimum Gasteiger partial charge on any atom is -0.381 e. The summed E-state index contributed by atoms with van der Waals surface area (Å²) < 4.78 is 26.4. The summed E-state index contributed by atoms with van der Waals surface area (Å²) in [5.41, 5.74) is 0. The molecule has 1 atom stereocenters. The molecular weight excluding hydrogens is 204 g/mol. The van der Waals surface area contributed by atoms with Gasteiger partial charge in [-0.3, -0.25) is 0 Å². The first-order valence-electron chi connectivity index (χ1n) is 4.87. The fourth-order valence-electron chi connectivity index (χ4n) is 1.45. The monoisotopic (exact) mass is 222 g/mol. The molecule has 1 unspecified atom stereocenters. The highest BCUT2D eigenvalue weighted by molar-refractivity contribution is 7.89. The minimum absolute atomic E-state index is 0.0567. The predicted molar refractivity (Wildman–Crippen MR) is 54.4 cm³/mol. The average Bonchev–Trinajstić information content (AvgIpc) is 2.54. The van der Waals surface area contributed by atoms with Gasteiger partial charge < -0.3 is 10.1 Å². The molecule has 0 spiro atoms. The zero-order valence-corrected chi connectivity index (χ0v) is 9.05. The van der Waals surface area contributed by atoms with Gasteiger partial charge in [-0.05, 0) is 25.3 Å². The maximum absolute atomic E-state index is 10.6. The van der Waals surface area contributed by atoms with Crippen LogP contribution in [0.3, 0.4) is 0 Å². The van der Waals surface area contributed by atoms with Crippen molar-refractivity contribution in [3.05, 3.63) is 0 Å². The molecule has 5 nitrogen and oxygen atoms in total. The zero-order chi connectivity index (χ0) is 10.4. The molecular formula is C8H18N2O3S. The van der Waals surface area contributed by atoms with Crippen LogP contribution >= 0.6 is 0 Å². The molecule has 14 heavy (non-hydrogen) atoms. The number of primary sulfonamides is 1. The van der Waals surface area contributed by atoms with Crippen LogP contribution in [0.4, 0.5) is 0 Å². The van der Waals surface area contributed by atoms with Crippen molar-refractivity contribution in [1.29, 1.82) is 0 Å². The summed E-state index contributed by atoms with van der Waals surface area (Å²) in [6, 6.07) is 0. The van der Waals surface area contributed by atoms with E-state index < -0.39 is 10.0 Å². The lowest BCUT2D eigenvalue weighted by molar-refractivity contribution is 0.185. The molecule has 0 aliphatic carbocycles. The highest BCUT2D eigenvalue weighted by Gasteiger charge is 2.14. The van der Waals surface area contributed by atoms with E-state index in [2.05, 4.69) is 5.32 Å². The first-order chi connectivity index (χ1) is 6.58. The third-order valence-electron chi connectivity index (χ3n) is 2.24. The lowest BCUT2D eigenvalue weighted by atomic mass is 10.1. The molecule has 84 valence electrons. The van der Waals surface area contributed by atoms with E-state index in [0.29, 0.717) is 18.9 Å². The molecule has 0 aromatic carbocycles. The standard InChI is InChI=1S/C8H18N2O3S/c9-14(11,12)5-1-3-10-6-8-2-4-13-7-8/h8,10H,1-7H2,(H2,9,11,12). The first-order valence-corrected chi connectivity index (χ1v) is 6.58. The Balaban J connectivity index is 1.94. The Morgan fingerprint density at radius 2 is 2.29 bits per heavy atom. The molecule has 0 saturated carbocycles. The Morgan fingerprint density at radius 3 is 2.86 bits per heavy atom. The van der Waals surface area contributed by atoms with Gasteiger partial charge in [-0.25, -0.2) is 13.6 Å². The topological polar surface area (TPSA) is 81.4 Å². The summed E-state index contributed by atoms with van der Waals surface area (Å²) in [4.78, 5) is 0. The Labute approximate surface area is 85.1 Å². The lowest BCUT2D eigenvalue weighted by Gasteiger charge is -2.08. The summed E-state index contributed by atoms with van der Waals surface area (Å²) in [6.45, 7) is 3.28. The first kappa shape index (κ1) is 11.9. The van der Waals surface area contributed by atoms with E-state index in [1.165, 1.54) is 0 Å². The summed E-state index contributed by atoms with van der Waals surface area (Å²) >= 11 is 0. The van der Waals surface area contributed by atoms with E-state index in [-0.39, 0.29) is 5.75 Å². The number of nitrogens with two attached hydrogens (primary N) is 1. The van der Waals surface area contributed by atoms with Crippen LogP contribution < -0.4 is 10.5 Å². The molecule has 6 heteroatoms. The van der Waals surface area contributed by atoms with E-state index in [1.54, 1.807) is 0 Å². The molecule has 0 radical (unpaired) electrons. The van der Waals surface area contributed by atoms with Gasteiger partial charge in [-0.15, -0.1) is 0 Å². The number of rotatable bonds is 6. The summed E-state index contributed by atoms with van der Waals surface area (Å²) in [5.74, 6) is 0.644. The molecule has 1 fully saturated rings. The van der Waals surface area contributed by atoms with Crippen molar-refractivity contribution in [3.63, 3.8) is 0 Å². The number of hydrogen-bond donors (Lipinski definition) is 2. The van der Waals surface area contributed by atoms with Crippen LogP contribution in [0.2, 0.25) is 0 Å². The van der Waals surface area contributed by atoms with Crippen LogP contribution in [-0.2, 0) is 14.8 Å². The van der Waals surface area contributed by atoms with Crippen molar-refractivity contribution in [2.24, 2.45) is 11.1 Å². The van der Waals surface area contributed by atoms with E-state index in [4.69, 9.17) is 9.88 Å². The number of nitrogens with one attached hydrogen (secondary N) is 1. The van der Waals surface area contributed by atoms with Crippen LogP contribution in [0.25, 0.3) is 0 Å². The fourth-order valence-corrected chi connectivity index (χ4v) is 2.00. The maximum Gasteiger partial charge on any atom is 0.209 e. The molecule has 1 rings (SSSR count). The summed E-state index contributed by atoms with van der Waals surface area (Å²) in [5, 5.41) is 8.06. The van der Waals surface area contributed by atoms with Crippen molar-refractivity contribution in [3.8, 4) is 0 Å². The fraction of sp³-hybridized carbons (Fsp3) is 1.00. The van der Waals surface area contributed by atoms with Gasteiger partial charge in [0.25, 0.3) is 0 Å². The Hall–Kier alpha value is -0.170. The van der Waals surface area contributed by atoms with Gasteiger partial charge in [-0.1, -0.05) is 0 Å². The lowest BCUT2D eigenvalue weighted by Crippen LogP contribution is -2.26. The maximum atomic E-state index is 10.6. The molecule has 1 saturated heterocycles. The summed E-state index contributed by atoms with van der Waals surface area (Å²) in [7, 11) is -3.29. The van der Waals surface area contributed by atoms with E-state index in [9.17, 15) is 8.42 Å². The molecule has 1 aliphatic rings. The van der Waals surface area contributed by atoms with Crippen molar-refractivity contribution >= 4 is 10.0 Å². The van der Waals surface area contributed by atoms with Gasteiger partial charge in [0.05, 0.1) is 12.4 Å². The molecule has 1 heterocycles. The van der Waals surface area contributed by atoms with Crippen LogP contribution in [0.5, 0.6) is 0 Å². The van der Waals surface area contributed by atoms with Crippen molar-refractivity contribution in [2.45, 2.75) is 12.8 Å². The largest absolute Gasteiger partial charge is 0.381 e. The second-order valence-electron chi connectivity index (χ2n) is 3.65. The van der Waals surface area contributed by atoms with Gasteiger partial charge in [-0.2, -0.15) is 0 Å². The van der Waals surface area contributed by atoms with Crippen LogP contribution in [0.1, 0.15) is 12.8 Å².